The molecule has 2 aliphatic rings. The molecule has 0 radical (unpaired) electrons. The Morgan fingerprint density at radius 1 is 0.303 bits per heavy atom. The third kappa shape index (κ3) is 7.75. The molecule has 4 aromatic carbocycles. The summed E-state index contributed by atoms with van der Waals surface area (Å²) in [6, 6.07) is 45.8. The predicted molar refractivity (Wildman–Crippen MR) is 293 cm³/mol. The van der Waals surface area contributed by atoms with Gasteiger partial charge in [-0.1, -0.05) is 0 Å². The van der Waals surface area contributed by atoms with Crippen LogP contribution in [0.15, 0.2) is 121 Å². The Balaban J connectivity index is 1.33. The first kappa shape index (κ1) is 42.6. The minimum atomic E-state index is -0.0654. The number of nitrogens with zero attached hydrogens (tertiary/aromatic N) is 2. The van der Waals surface area contributed by atoms with Crippen molar-refractivity contribution >= 4 is 110 Å². The SMILES string of the molecule is Cc1ccc(-c2c3nc(c(-c4c(C)cc(C)cc4C)c4ccc([se]4)c(-c4c(C)cc(C)cc4C)c4nc(c(-c5ccc(C)cc5)c5ccc(s5)c5ccc(s5)c5ccc2s5)C=C4)C=C3)cc1. The molecular formula is C60H48N2S3Se. The van der Waals surface area contributed by atoms with Crippen LogP contribution < -0.4 is 0 Å². The van der Waals surface area contributed by atoms with Gasteiger partial charge in [-0.15, -0.1) is 0 Å². The predicted octanol–water partition coefficient (Wildman–Crippen LogP) is 17.8. The van der Waals surface area contributed by atoms with Crippen molar-refractivity contribution in [3.8, 4) is 44.5 Å². The molecule has 0 fully saturated rings. The molecule has 11 rings (SSSR count). The molecule has 9 aromatic rings. The fraction of sp³-hybridized carbons (Fsp3) is 0.133. The van der Waals surface area contributed by atoms with Crippen LogP contribution in [0, 0.1) is 55.4 Å². The molecule has 0 amide bonds. The zero-order valence-electron chi connectivity index (χ0n) is 38.4. The van der Waals surface area contributed by atoms with Crippen LogP contribution in [0.25, 0.3) is 106 Å². The van der Waals surface area contributed by atoms with Gasteiger partial charge in [0.25, 0.3) is 0 Å². The van der Waals surface area contributed by atoms with E-state index in [2.05, 4.69) is 201 Å². The number of fused-ring (bicyclic) bond motifs is 14. The molecule has 66 heavy (non-hydrogen) atoms. The van der Waals surface area contributed by atoms with Gasteiger partial charge >= 0.3 is 408 Å². The number of hydrogen-bond acceptors (Lipinski definition) is 5. The summed E-state index contributed by atoms with van der Waals surface area (Å²) in [4.78, 5) is 11.3. The van der Waals surface area contributed by atoms with E-state index < -0.39 is 0 Å². The van der Waals surface area contributed by atoms with E-state index in [1.807, 2.05) is 34.0 Å². The van der Waals surface area contributed by atoms with Gasteiger partial charge in [0.2, 0.25) is 0 Å². The molecule has 5 aromatic heterocycles. The summed E-state index contributed by atoms with van der Waals surface area (Å²) < 4.78 is 10.2. The van der Waals surface area contributed by atoms with Gasteiger partial charge in [0.15, 0.2) is 0 Å². The summed E-state index contributed by atoms with van der Waals surface area (Å²) in [6.45, 7) is 17.8. The number of aromatic nitrogens is 2. The summed E-state index contributed by atoms with van der Waals surface area (Å²) in [5.41, 5.74) is 23.8. The maximum atomic E-state index is 5.67. The van der Waals surface area contributed by atoms with E-state index in [4.69, 9.17) is 9.97 Å². The van der Waals surface area contributed by atoms with Crippen LogP contribution in [0.5, 0.6) is 0 Å². The Morgan fingerprint density at radius 2 is 0.606 bits per heavy atom. The van der Waals surface area contributed by atoms with Crippen molar-refractivity contribution in [2.75, 3.05) is 0 Å². The first-order valence-electron chi connectivity index (χ1n) is 22.4. The molecule has 0 spiro atoms. The number of rotatable bonds is 4. The van der Waals surface area contributed by atoms with E-state index in [-0.39, 0.29) is 14.5 Å². The van der Waals surface area contributed by atoms with E-state index in [1.165, 1.54) is 126 Å². The van der Waals surface area contributed by atoms with Gasteiger partial charge in [0.05, 0.1) is 0 Å². The first-order valence-corrected chi connectivity index (χ1v) is 26.6. The molecule has 0 unspecified atom stereocenters. The summed E-state index contributed by atoms with van der Waals surface area (Å²) in [5.74, 6) is 0. The topological polar surface area (TPSA) is 25.8 Å². The van der Waals surface area contributed by atoms with Crippen LogP contribution in [-0.4, -0.2) is 24.5 Å². The molecule has 2 aliphatic heterocycles. The summed E-state index contributed by atoms with van der Waals surface area (Å²) in [5, 5.41) is 0. The molecule has 6 heteroatoms. The summed E-state index contributed by atoms with van der Waals surface area (Å²) >= 11 is 5.51. The molecule has 0 saturated heterocycles. The maximum absolute atomic E-state index is 5.67. The Hall–Kier alpha value is -5.98. The molecule has 0 saturated carbocycles. The van der Waals surface area contributed by atoms with E-state index >= 15 is 0 Å². The van der Waals surface area contributed by atoms with Crippen molar-refractivity contribution in [2.24, 2.45) is 0 Å². The number of thiophene rings is 3. The van der Waals surface area contributed by atoms with Crippen LogP contribution >= 0.6 is 34.0 Å². The molecule has 7 heterocycles. The molecule has 12 bridgehead atoms. The van der Waals surface area contributed by atoms with Crippen molar-refractivity contribution in [3.63, 3.8) is 0 Å². The third-order valence-corrected chi connectivity index (χ3v) is 18.8. The van der Waals surface area contributed by atoms with Crippen LogP contribution in [-0.2, 0) is 0 Å². The van der Waals surface area contributed by atoms with Crippen LogP contribution in [0.4, 0.5) is 0 Å². The van der Waals surface area contributed by atoms with Gasteiger partial charge in [-0.3, -0.25) is 0 Å². The van der Waals surface area contributed by atoms with Gasteiger partial charge in [-0.25, -0.2) is 0 Å². The van der Waals surface area contributed by atoms with Crippen LogP contribution in [0.2, 0.25) is 0 Å². The van der Waals surface area contributed by atoms with E-state index in [0.29, 0.717) is 0 Å². The van der Waals surface area contributed by atoms with Crippen molar-refractivity contribution in [3.05, 3.63) is 189 Å². The zero-order valence-corrected chi connectivity index (χ0v) is 42.5. The average Bonchev–Trinajstić information content (AvgIpc) is 4.14. The van der Waals surface area contributed by atoms with Crippen molar-refractivity contribution in [2.45, 2.75) is 55.4 Å². The second kappa shape index (κ2) is 17.0. The van der Waals surface area contributed by atoms with Gasteiger partial charge < -0.3 is 0 Å². The molecule has 0 aliphatic carbocycles. The van der Waals surface area contributed by atoms with E-state index in [0.717, 1.165) is 22.8 Å². The Morgan fingerprint density at radius 3 is 0.955 bits per heavy atom. The fourth-order valence-electron chi connectivity index (χ4n) is 9.88. The molecule has 0 atom stereocenters. The zero-order chi connectivity index (χ0) is 45.4. The second-order valence-corrected chi connectivity index (χ2v) is 23.4. The average molecular weight is 972 g/mol. The molecule has 0 N–H and O–H groups in total. The third-order valence-electron chi connectivity index (χ3n) is 12.7. The van der Waals surface area contributed by atoms with Gasteiger partial charge in [-0.2, -0.15) is 0 Å². The Bertz CT molecular complexity index is 3480. The Kier molecular flexibility index (Phi) is 11.0. The summed E-state index contributed by atoms with van der Waals surface area (Å²) in [7, 11) is 0. The molecule has 2 nitrogen and oxygen atoms in total. The normalized spacial score (nSPS) is 12.1. The van der Waals surface area contributed by atoms with Gasteiger partial charge in [0.1, 0.15) is 0 Å². The molecule has 322 valence electrons. The van der Waals surface area contributed by atoms with Gasteiger partial charge in [-0.05, 0) is 0 Å². The second-order valence-electron chi connectivity index (χ2n) is 17.9. The number of aryl methyl sites for hydroxylation is 8. The van der Waals surface area contributed by atoms with E-state index in [1.54, 1.807) is 0 Å². The number of hydrogen-bond donors (Lipinski definition) is 0. The first-order chi connectivity index (χ1) is 31.9. The van der Waals surface area contributed by atoms with E-state index in [9.17, 15) is 0 Å². The fourth-order valence-corrected chi connectivity index (χ4v) is 15.6. The van der Waals surface area contributed by atoms with Crippen LogP contribution in [0.1, 0.15) is 67.3 Å². The quantitative estimate of drug-likeness (QED) is 0.164. The van der Waals surface area contributed by atoms with Gasteiger partial charge in [0, 0.05) is 0 Å². The summed E-state index contributed by atoms with van der Waals surface area (Å²) in [6.07, 6.45) is 9.04. The van der Waals surface area contributed by atoms with Crippen molar-refractivity contribution in [1.29, 1.82) is 0 Å². The monoisotopic (exact) mass is 972 g/mol. The standard InChI is InChI=1S/C60H48N2S3Se/c1-33-9-13-41(14-10-33)57-43-17-19-45(61-43)59(55-37(5)29-35(3)30-38(55)6)53-27-28-54(66-53)60(56-39(7)31-36(4)32-40(56)8)46-20-18-44(62-46)58(42-15-11-34(2)12-16-42)52-26-24-50(65-52)48-22-21-47(63-48)49-23-25-51(57)64-49/h9-32H,1-8H3. The molecular weight excluding hydrogens is 924 g/mol. The van der Waals surface area contributed by atoms with Crippen molar-refractivity contribution in [1.82, 2.24) is 9.97 Å². The Labute approximate surface area is 405 Å². The van der Waals surface area contributed by atoms with Crippen LogP contribution in [0.3, 0.4) is 0 Å². The number of benzene rings is 4. The minimum absolute atomic E-state index is 0.0654. The van der Waals surface area contributed by atoms with Crippen molar-refractivity contribution < 1.29 is 0 Å².